The number of hydrogen-bond acceptors (Lipinski definition) is 3. The van der Waals surface area contributed by atoms with Gasteiger partial charge in [-0.2, -0.15) is 8.78 Å². The number of aliphatic imine (C=N–C) groups is 1. The zero-order valence-corrected chi connectivity index (χ0v) is 15.5. The number of aromatic hydroxyl groups is 1. The van der Waals surface area contributed by atoms with Crippen LogP contribution in [0.4, 0.5) is 8.78 Å². The number of phenols is 1. The Morgan fingerprint density at radius 3 is 2.56 bits per heavy atom. The van der Waals surface area contributed by atoms with Gasteiger partial charge in [0, 0.05) is 26.7 Å². The van der Waals surface area contributed by atoms with Gasteiger partial charge in [-0.15, -0.1) is 0 Å². The summed E-state index contributed by atoms with van der Waals surface area (Å²) < 4.78 is 28.8. The minimum Gasteiger partial charge on any atom is -0.508 e. The number of phenolic OH excluding ortho intramolecular Hbond substituents is 1. The van der Waals surface area contributed by atoms with Crippen molar-refractivity contribution in [2.45, 2.75) is 26.5 Å². The summed E-state index contributed by atoms with van der Waals surface area (Å²) in [5, 5.41) is 12.8. The maximum Gasteiger partial charge on any atom is 0.387 e. The average molecular weight is 377 g/mol. The molecule has 0 spiro atoms. The fourth-order valence-corrected chi connectivity index (χ4v) is 2.60. The highest BCUT2D eigenvalue weighted by atomic mass is 19.3. The van der Waals surface area contributed by atoms with E-state index >= 15 is 0 Å². The summed E-state index contributed by atoms with van der Waals surface area (Å²) in [6.07, 6.45) is 0.719. The van der Waals surface area contributed by atoms with E-state index in [1.165, 1.54) is 12.1 Å². The lowest BCUT2D eigenvalue weighted by molar-refractivity contribution is -0.0498. The summed E-state index contributed by atoms with van der Waals surface area (Å²) in [6.45, 7) is 1.06. The highest BCUT2D eigenvalue weighted by molar-refractivity contribution is 5.79. The number of hydrogen-bond donors (Lipinski definition) is 2. The van der Waals surface area contributed by atoms with Crippen molar-refractivity contribution in [2.75, 3.05) is 20.1 Å². The van der Waals surface area contributed by atoms with Crippen molar-refractivity contribution < 1.29 is 18.6 Å². The van der Waals surface area contributed by atoms with Gasteiger partial charge < -0.3 is 20.1 Å². The molecule has 0 aromatic heterocycles. The number of rotatable bonds is 8. The molecule has 5 nitrogen and oxygen atoms in total. The SMILES string of the molecule is CCNC(=NCCc1cccc(O)c1)N(C)Cc1ccc(OC(F)F)cc1. The first-order valence-corrected chi connectivity index (χ1v) is 8.79. The molecule has 0 fully saturated rings. The van der Waals surface area contributed by atoms with Crippen molar-refractivity contribution in [3.05, 3.63) is 59.7 Å². The van der Waals surface area contributed by atoms with Crippen LogP contribution in [0, 0.1) is 0 Å². The molecular formula is C20H25F2N3O2. The second-order valence-electron chi connectivity index (χ2n) is 6.03. The third-order valence-corrected chi connectivity index (χ3v) is 3.84. The highest BCUT2D eigenvalue weighted by Gasteiger charge is 2.08. The van der Waals surface area contributed by atoms with Crippen molar-refractivity contribution in [1.82, 2.24) is 10.2 Å². The van der Waals surface area contributed by atoms with Crippen LogP contribution in [-0.4, -0.2) is 42.7 Å². The van der Waals surface area contributed by atoms with E-state index in [-0.39, 0.29) is 11.5 Å². The molecule has 7 heteroatoms. The van der Waals surface area contributed by atoms with E-state index in [0.717, 1.165) is 30.1 Å². The van der Waals surface area contributed by atoms with Crippen molar-refractivity contribution in [1.29, 1.82) is 0 Å². The molecule has 0 aliphatic carbocycles. The highest BCUT2D eigenvalue weighted by Crippen LogP contribution is 2.16. The topological polar surface area (TPSA) is 57.1 Å². The maximum atomic E-state index is 12.2. The van der Waals surface area contributed by atoms with Crippen molar-refractivity contribution in [3.63, 3.8) is 0 Å². The van der Waals surface area contributed by atoms with Gasteiger partial charge in [-0.05, 0) is 48.7 Å². The zero-order valence-electron chi connectivity index (χ0n) is 15.5. The zero-order chi connectivity index (χ0) is 19.6. The third-order valence-electron chi connectivity index (χ3n) is 3.84. The van der Waals surface area contributed by atoms with Gasteiger partial charge in [0.15, 0.2) is 5.96 Å². The molecule has 0 saturated heterocycles. The molecule has 0 atom stereocenters. The van der Waals surface area contributed by atoms with Gasteiger partial charge in [-0.25, -0.2) is 0 Å². The van der Waals surface area contributed by atoms with Crippen LogP contribution < -0.4 is 10.1 Å². The molecule has 0 bridgehead atoms. The number of alkyl halides is 2. The van der Waals surface area contributed by atoms with Crippen LogP contribution in [-0.2, 0) is 13.0 Å². The van der Waals surface area contributed by atoms with E-state index < -0.39 is 6.61 Å². The van der Waals surface area contributed by atoms with E-state index in [0.29, 0.717) is 13.1 Å². The molecule has 0 saturated carbocycles. The fraction of sp³-hybridized carbons (Fsp3) is 0.350. The Hall–Kier alpha value is -2.83. The van der Waals surface area contributed by atoms with E-state index in [4.69, 9.17) is 0 Å². The van der Waals surface area contributed by atoms with Gasteiger partial charge in [0.2, 0.25) is 0 Å². The van der Waals surface area contributed by atoms with E-state index in [1.807, 2.05) is 31.0 Å². The van der Waals surface area contributed by atoms with Gasteiger partial charge >= 0.3 is 6.61 Å². The van der Waals surface area contributed by atoms with Crippen LogP contribution in [0.2, 0.25) is 0 Å². The second-order valence-corrected chi connectivity index (χ2v) is 6.03. The first-order valence-electron chi connectivity index (χ1n) is 8.79. The lowest BCUT2D eigenvalue weighted by Gasteiger charge is -2.22. The van der Waals surface area contributed by atoms with Gasteiger partial charge in [0.1, 0.15) is 11.5 Å². The largest absolute Gasteiger partial charge is 0.508 e. The minimum absolute atomic E-state index is 0.142. The number of guanidine groups is 1. The molecule has 146 valence electrons. The number of nitrogens with one attached hydrogen (secondary N) is 1. The smallest absolute Gasteiger partial charge is 0.387 e. The predicted octanol–water partition coefficient (Wildman–Crippen LogP) is 3.63. The Balaban J connectivity index is 1.95. The first-order chi connectivity index (χ1) is 13.0. The van der Waals surface area contributed by atoms with E-state index in [9.17, 15) is 13.9 Å². The molecule has 27 heavy (non-hydrogen) atoms. The van der Waals surface area contributed by atoms with Gasteiger partial charge in [-0.3, -0.25) is 4.99 Å². The lowest BCUT2D eigenvalue weighted by Crippen LogP contribution is -2.38. The standard InChI is InChI=1S/C20H25F2N3O2/c1-3-23-20(24-12-11-15-5-4-6-17(26)13-15)25(2)14-16-7-9-18(10-8-16)27-19(21)22/h4-10,13,19,26H,3,11-12,14H2,1-2H3,(H,23,24). The second kappa shape index (κ2) is 10.4. The van der Waals surface area contributed by atoms with Crippen LogP contribution in [0.25, 0.3) is 0 Å². The van der Waals surface area contributed by atoms with Gasteiger partial charge in [0.25, 0.3) is 0 Å². The van der Waals surface area contributed by atoms with E-state index in [1.54, 1.807) is 24.3 Å². The summed E-state index contributed by atoms with van der Waals surface area (Å²) >= 11 is 0. The minimum atomic E-state index is -2.82. The Bertz CT molecular complexity index is 736. The lowest BCUT2D eigenvalue weighted by atomic mass is 10.1. The van der Waals surface area contributed by atoms with Crippen LogP contribution in [0.1, 0.15) is 18.1 Å². The molecule has 0 amide bonds. The predicted molar refractivity (Wildman–Crippen MR) is 102 cm³/mol. The van der Waals surface area contributed by atoms with Crippen LogP contribution >= 0.6 is 0 Å². The number of ether oxygens (including phenoxy) is 1. The van der Waals surface area contributed by atoms with Crippen LogP contribution in [0.15, 0.2) is 53.5 Å². The molecule has 0 radical (unpaired) electrons. The quantitative estimate of drug-likeness (QED) is 0.545. The Morgan fingerprint density at radius 1 is 1.19 bits per heavy atom. The molecule has 2 rings (SSSR count). The molecule has 2 aromatic carbocycles. The summed E-state index contributed by atoms with van der Waals surface area (Å²) in [5.41, 5.74) is 1.98. The normalized spacial score (nSPS) is 11.5. The van der Waals surface area contributed by atoms with Crippen molar-refractivity contribution in [3.8, 4) is 11.5 Å². The fourth-order valence-electron chi connectivity index (χ4n) is 2.60. The van der Waals surface area contributed by atoms with Gasteiger partial charge in [0.05, 0.1) is 0 Å². The molecule has 0 heterocycles. The summed E-state index contributed by atoms with van der Waals surface area (Å²) in [6, 6.07) is 13.7. The van der Waals surface area contributed by atoms with Crippen LogP contribution in [0.5, 0.6) is 11.5 Å². The third kappa shape index (κ3) is 7.13. The average Bonchev–Trinajstić information content (AvgIpc) is 2.62. The van der Waals surface area contributed by atoms with Gasteiger partial charge in [-0.1, -0.05) is 24.3 Å². The number of halogens is 2. The Kier molecular flexibility index (Phi) is 7.85. The molecule has 0 aliphatic heterocycles. The first kappa shape index (κ1) is 20.5. The molecular weight excluding hydrogens is 352 g/mol. The van der Waals surface area contributed by atoms with Crippen LogP contribution in [0.3, 0.4) is 0 Å². The monoisotopic (exact) mass is 377 g/mol. The molecule has 0 aliphatic rings. The van der Waals surface area contributed by atoms with Crippen molar-refractivity contribution in [2.24, 2.45) is 4.99 Å². The summed E-state index contributed by atoms with van der Waals surface area (Å²) in [5.74, 6) is 1.15. The molecule has 0 unspecified atom stereocenters. The summed E-state index contributed by atoms with van der Waals surface area (Å²) in [7, 11) is 1.92. The van der Waals surface area contributed by atoms with Crippen molar-refractivity contribution >= 4 is 5.96 Å². The Labute approximate surface area is 158 Å². The number of nitrogens with zero attached hydrogens (tertiary/aromatic N) is 2. The number of benzene rings is 2. The summed E-state index contributed by atoms with van der Waals surface area (Å²) in [4.78, 5) is 6.58. The molecule has 2 N–H and O–H groups in total. The Morgan fingerprint density at radius 2 is 1.93 bits per heavy atom. The van der Waals surface area contributed by atoms with E-state index in [2.05, 4.69) is 15.0 Å². The maximum absolute atomic E-state index is 12.2. The molecule has 2 aromatic rings.